The zero-order chi connectivity index (χ0) is 19.7. The molecule has 28 heavy (non-hydrogen) atoms. The first kappa shape index (κ1) is 17.8. The highest BCUT2D eigenvalue weighted by molar-refractivity contribution is 5.82. The number of benzene rings is 1. The van der Waals surface area contributed by atoms with Crippen molar-refractivity contribution < 1.29 is 13.5 Å². The average molecular weight is 377 g/mol. The first-order valence-corrected chi connectivity index (χ1v) is 8.64. The van der Waals surface area contributed by atoms with Gasteiger partial charge in [-0.3, -0.25) is 4.98 Å². The van der Waals surface area contributed by atoms with E-state index in [1.165, 1.54) is 6.20 Å². The number of halogens is 1. The lowest BCUT2D eigenvalue weighted by Gasteiger charge is -2.10. The zero-order valence-electron chi connectivity index (χ0n) is 15.3. The maximum absolute atomic E-state index is 14.3. The summed E-state index contributed by atoms with van der Waals surface area (Å²) in [6, 6.07) is 8.60. The molecule has 0 N–H and O–H groups in total. The molecule has 0 radical (unpaired) electrons. The van der Waals surface area contributed by atoms with Gasteiger partial charge < -0.3 is 9.15 Å². The summed E-state index contributed by atoms with van der Waals surface area (Å²) in [4.78, 5) is 24.5. The second-order valence-corrected chi connectivity index (χ2v) is 6.33. The van der Waals surface area contributed by atoms with Crippen molar-refractivity contribution in [1.82, 2.24) is 15.0 Å². The largest absolute Gasteiger partial charge is 0.424 e. The Morgan fingerprint density at radius 1 is 1.07 bits per heavy atom. The van der Waals surface area contributed by atoms with Crippen molar-refractivity contribution >= 4 is 11.0 Å². The summed E-state index contributed by atoms with van der Waals surface area (Å²) in [5.74, 6) is 0.0396. The molecule has 3 aromatic heterocycles. The molecule has 0 bridgehead atoms. The van der Waals surface area contributed by atoms with Gasteiger partial charge >= 0.3 is 11.6 Å². The second-order valence-electron chi connectivity index (χ2n) is 6.33. The van der Waals surface area contributed by atoms with Crippen molar-refractivity contribution in [2.24, 2.45) is 0 Å². The standard InChI is InChI=1S/C21H16FN3O3/c1-12-16-5-4-15(27-21-24-7-3-8-25-21)11-18(16)28-20(26)17(12)10-14-6-9-23-13(2)19(14)22/h3-9,11H,10H2,1-2H3. The molecule has 0 spiro atoms. The molecule has 4 rings (SSSR count). The SMILES string of the molecule is Cc1nccc(Cc2c(C)c3ccc(Oc4ncccn4)cc3oc2=O)c1F. The number of nitrogens with zero attached hydrogens (tertiary/aromatic N) is 3. The molecule has 0 unspecified atom stereocenters. The molecule has 0 aliphatic rings. The lowest BCUT2D eigenvalue weighted by atomic mass is 9.99. The van der Waals surface area contributed by atoms with Crippen LogP contribution in [0.1, 0.15) is 22.4 Å². The maximum Gasteiger partial charge on any atom is 0.340 e. The van der Waals surface area contributed by atoms with Crippen molar-refractivity contribution in [2.75, 3.05) is 0 Å². The number of rotatable bonds is 4. The first-order chi connectivity index (χ1) is 13.5. The highest BCUT2D eigenvalue weighted by Crippen LogP contribution is 2.27. The summed E-state index contributed by atoms with van der Waals surface area (Å²) in [5, 5.41) is 0.752. The third-order valence-electron chi connectivity index (χ3n) is 4.52. The predicted molar refractivity (Wildman–Crippen MR) is 101 cm³/mol. The Kier molecular flexibility index (Phi) is 4.57. The van der Waals surface area contributed by atoms with E-state index in [4.69, 9.17) is 9.15 Å². The van der Waals surface area contributed by atoms with Crippen molar-refractivity contribution in [1.29, 1.82) is 0 Å². The number of pyridine rings is 1. The van der Waals surface area contributed by atoms with E-state index in [1.807, 2.05) is 6.92 Å². The molecule has 0 atom stereocenters. The van der Waals surface area contributed by atoms with Crippen LogP contribution in [-0.2, 0) is 6.42 Å². The molecular formula is C21H16FN3O3. The molecule has 4 aromatic rings. The number of hydrogen-bond donors (Lipinski definition) is 0. The number of ether oxygens (including phenoxy) is 1. The summed E-state index contributed by atoms with van der Waals surface area (Å²) in [7, 11) is 0. The van der Waals surface area contributed by atoms with Crippen LogP contribution in [0.5, 0.6) is 11.8 Å². The normalized spacial score (nSPS) is 11.0. The summed E-state index contributed by atoms with van der Waals surface area (Å²) < 4.78 is 25.4. The second kappa shape index (κ2) is 7.19. The van der Waals surface area contributed by atoms with Gasteiger partial charge in [0, 0.05) is 42.0 Å². The van der Waals surface area contributed by atoms with Gasteiger partial charge in [-0.25, -0.2) is 19.2 Å². The molecule has 7 heteroatoms. The van der Waals surface area contributed by atoms with E-state index in [9.17, 15) is 9.18 Å². The smallest absolute Gasteiger partial charge is 0.340 e. The molecular weight excluding hydrogens is 361 g/mol. The van der Waals surface area contributed by atoms with E-state index in [1.54, 1.807) is 49.6 Å². The molecule has 140 valence electrons. The Balaban J connectivity index is 1.73. The predicted octanol–water partition coefficient (Wildman–Crippen LogP) is 4.12. The van der Waals surface area contributed by atoms with Crippen molar-refractivity contribution in [3.05, 3.63) is 87.5 Å². The summed E-state index contributed by atoms with van der Waals surface area (Å²) in [6.45, 7) is 3.41. The van der Waals surface area contributed by atoms with Gasteiger partial charge in [-0.2, -0.15) is 0 Å². The van der Waals surface area contributed by atoms with Crippen molar-refractivity contribution in [2.45, 2.75) is 20.3 Å². The number of fused-ring (bicyclic) bond motifs is 1. The van der Waals surface area contributed by atoms with E-state index in [-0.39, 0.29) is 12.4 Å². The number of hydrogen-bond acceptors (Lipinski definition) is 6. The fourth-order valence-corrected chi connectivity index (χ4v) is 3.01. The molecule has 6 nitrogen and oxygen atoms in total. The van der Waals surface area contributed by atoms with Gasteiger partial charge in [-0.15, -0.1) is 0 Å². The van der Waals surface area contributed by atoms with Crippen LogP contribution in [0.2, 0.25) is 0 Å². The molecule has 0 saturated heterocycles. The monoisotopic (exact) mass is 377 g/mol. The third kappa shape index (κ3) is 3.34. The fraction of sp³-hybridized carbons (Fsp3) is 0.143. The Hall–Kier alpha value is -3.61. The summed E-state index contributed by atoms with van der Waals surface area (Å²) in [6.07, 6.45) is 4.80. The molecule has 0 amide bonds. The van der Waals surface area contributed by atoms with E-state index < -0.39 is 11.4 Å². The van der Waals surface area contributed by atoms with E-state index in [2.05, 4.69) is 15.0 Å². The highest BCUT2D eigenvalue weighted by Gasteiger charge is 2.16. The van der Waals surface area contributed by atoms with Crippen LogP contribution in [0.15, 0.2) is 58.1 Å². The molecule has 0 fully saturated rings. The van der Waals surface area contributed by atoms with Crippen LogP contribution in [0, 0.1) is 19.7 Å². The maximum atomic E-state index is 14.3. The van der Waals surface area contributed by atoms with Gasteiger partial charge in [0.1, 0.15) is 17.1 Å². The number of aromatic nitrogens is 3. The lowest BCUT2D eigenvalue weighted by molar-refractivity contribution is 0.440. The molecule has 0 aliphatic heterocycles. The van der Waals surface area contributed by atoms with Crippen molar-refractivity contribution in [3.8, 4) is 11.8 Å². The molecule has 1 aromatic carbocycles. The van der Waals surface area contributed by atoms with Gasteiger partial charge in [0.05, 0.1) is 5.69 Å². The van der Waals surface area contributed by atoms with Gasteiger partial charge in [0.2, 0.25) is 0 Å². The van der Waals surface area contributed by atoms with E-state index >= 15 is 0 Å². The average Bonchev–Trinajstić information content (AvgIpc) is 2.69. The minimum absolute atomic E-state index is 0.134. The molecule has 0 saturated carbocycles. The van der Waals surface area contributed by atoms with Crippen LogP contribution in [0.4, 0.5) is 4.39 Å². The third-order valence-corrected chi connectivity index (χ3v) is 4.52. The molecule has 0 aliphatic carbocycles. The Labute approximate surface area is 159 Å². The van der Waals surface area contributed by atoms with Crippen LogP contribution in [0.3, 0.4) is 0 Å². The Bertz CT molecular complexity index is 1220. The van der Waals surface area contributed by atoms with Gasteiger partial charge in [-0.05, 0) is 49.2 Å². The Morgan fingerprint density at radius 2 is 1.86 bits per heavy atom. The van der Waals surface area contributed by atoms with E-state index in [0.29, 0.717) is 28.2 Å². The van der Waals surface area contributed by atoms with Gasteiger partial charge in [0.15, 0.2) is 0 Å². The first-order valence-electron chi connectivity index (χ1n) is 8.64. The van der Waals surface area contributed by atoms with Gasteiger partial charge in [0.25, 0.3) is 0 Å². The lowest BCUT2D eigenvalue weighted by Crippen LogP contribution is -2.12. The minimum Gasteiger partial charge on any atom is -0.424 e. The Morgan fingerprint density at radius 3 is 2.64 bits per heavy atom. The van der Waals surface area contributed by atoms with Gasteiger partial charge in [-0.1, -0.05) is 0 Å². The van der Waals surface area contributed by atoms with Crippen LogP contribution in [-0.4, -0.2) is 15.0 Å². The summed E-state index contributed by atoms with van der Waals surface area (Å²) >= 11 is 0. The quantitative estimate of drug-likeness (QED) is 0.498. The van der Waals surface area contributed by atoms with Crippen LogP contribution in [0.25, 0.3) is 11.0 Å². The van der Waals surface area contributed by atoms with Crippen molar-refractivity contribution in [3.63, 3.8) is 0 Å². The summed E-state index contributed by atoms with van der Waals surface area (Å²) in [5.41, 5.74) is 1.73. The highest BCUT2D eigenvalue weighted by atomic mass is 19.1. The minimum atomic E-state index is -0.507. The fourth-order valence-electron chi connectivity index (χ4n) is 3.01. The van der Waals surface area contributed by atoms with Crippen LogP contribution >= 0.6 is 0 Å². The molecule has 3 heterocycles. The topological polar surface area (TPSA) is 78.1 Å². The number of aryl methyl sites for hydroxylation is 2. The zero-order valence-corrected chi connectivity index (χ0v) is 15.3. The van der Waals surface area contributed by atoms with Crippen LogP contribution < -0.4 is 10.4 Å². The van der Waals surface area contributed by atoms with E-state index in [0.717, 1.165) is 10.9 Å².